The number of rotatable bonds is 7. The lowest BCUT2D eigenvalue weighted by molar-refractivity contribution is 0.392. The van der Waals surface area contributed by atoms with Gasteiger partial charge in [-0.1, -0.05) is 6.92 Å². The first-order valence-electron chi connectivity index (χ1n) is 5.84. The average molecular weight is 233 g/mol. The molecule has 1 atom stereocenters. The highest BCUT2D eigenvalue weighted by Crippen LogP contribution is 2.19. The van der Waals surface area contributed by atoms with Crippen molar-refractivity contribution >= 4 is 0 Å². The molecule has 1 rings (SSSR count). The van der Waals surface area contributed by atoms with E-state index in [0.29, 0.717) is 5.88 Å². The highest BCUT2D eigenvalue weighted by Gasteiger charge is 2.12. The van der Waals surface area contributed by atoms with Crippen LogP contribution in [0.1, 0.15) is 37.9 Å². The average Bonchev–Trinajstić information content (AvgIpc) is 2.38. The summed E-state index contributed by atoms with van der Waals surface area (Å²) in [6, 6.07) is 2.08. The monoisotopic (exact) mass is 233 g/mol. The lowest BCUT2D eigenvalue weighted by Gasteiger charge is -2.16. The number of terminal acetylenes is 1. The number of unbranched alkanes of at least 4 members (excludes halogenated alkanes) is 1. The van der Waals surface area contributed by atoms with Crippen molar-refractivity contribution in [3.63, 3.8) is 0 Å². The van der Waals surface area contributed by atoms with Crippen molar-refractivity contribution in [2.24, 2.45) is 0 Å². The Balaban J connectivity index is 2.70. The van der Waals surface area contributed by atoms with E-state index in [9.17, 15) is 0 Å². The van der Waals surface area contributed by atoms with Crippen molar-refractivity contribution in [3.05, 3.63) is 18.1 Å². The predicted octanol–water partition coefficient (Wildman–Crippen LogP) is 1.94. The van der Waals surface area contributed by atoms with E-state index in [4.69, 9.17) is 11.2 Å². The van der Waals surface area contributed by atoms with E-state index < -0.39 is 0 Å². The molecule has 1 aromatic heterocycles. The zero-order chi connectivity index (χ0) is 12.5. The van der Waals surface area contributed by atoms with Gasteiger partial charge >= 0.3 is 0 Å². The summed E-state index contributed by atoms with van der Waals surface area (Å²) in [5.41, 5.74) is 0.954. The summed E-state index contributed by atoms with van der Waals surface area (Å²) in [5, 5.41) is 3.39. The van der Waals surface area contributed by atoms with Gasteiger partial charge in [0.2, 0.25) is 5.88 Å². The number of hydrogen-bond acceptors (Lipinski definition) is 4. The molecule has 92 valence electrons. The molecule has 0 amide bonds. The molecule has 0 aliphatic rings. The van der Waals surface area contributed by atoms with Crippen LogP contribution >= 0.6 is 0 Å². The van der Waals surface area contributed by atoms with E-state index in [0.717, 1.165) is 31.5 Å². The molecule has 0 bridgehead atoms. The van der Waals surface area contributed by atoms with E-state index in [1.807, 2.05) is 6.07 Å². The third kappa shape index (κ3) is 4.41. The van der Waals surface area contributed by atoms with Crippen LogP contribution in [0.2, 0.25) is 0 Å². The van der Waals surface area contributed by atoms with Crippen molar-refractivity contribution in [2.45, 2.75) is 32.2 Å². The third-order valence-corrected chi connectivity index (χ3v) is 2.49. The number of nitrogens with one attached hydrogen (secondary N) is 1. The molecule has 0 aliphatic heterocycles. The van der Waals surface area contributed by atoms with Gasteiger partial charge in [-0.05, 0) is 19.4 Å². The van der Waals surface area contributed by atoms with Gasteiger partial charge in [0.1, 0.15) is 6.33 Å². The molecule has 4 nitrogen and oxygen atoms in total. The lowest BCUT2D eigenvalue weighted by atomic mass is 10.1. The molecule has 0 saturated carbocycles. The second-order valence-corrected chi connectivity index (χ2v) is 3.69. The smallest absolute Gasteiger partial charge is 0.216 e. The zero-order valence-electron chi connectivity index (χ0n) is 10.4. The Morgan fingerprint density at radius 1 is 1.53 bits per heavy atom. The molecular weight excluding hydrogens is 214 g/mol. The molecule has 1 heterocycles. The molecule has 0 aromatic carbocycles. The molecule has 0 fully saturated rings. The maximum atomic E-state index is 5.26. The van der Waals surface area contributed by atoms with E-state index in [-0.39, 0.29) is 6.04 Å². The van der Waals surface area contributed by atoms with Gasteiger partial charge in [-0.3, -0.25) is 0 Å². The molecule has 4 heteroatoms. The lowest BCUT2D eigenvalue weighted by Crippen LogP contribution is -2.22. The van der Waals surface area contributed by atoms with E-state index in [1.165, 1.54) is 6.33 Å². The van der Waals surface area contributed by atoms with E-state index in [1.54, 1.807) is 7.11 Å². The summed E-state index contributed by atoms with van der Waals surface area (Å²) in [5.74, 6) is 3.25. The Hall–Kier alpha value is -1.60. The van der Waals surface area contributed by atoms with Crippen LogP contribution in [0, 0.1) is 12.3 Å². The predicted molar refractivity (Wildman–Crippen MR) is 67.7 cm³/mol. The fraction of sp³-hybridized carbons (Fsp3) is 0.538. The third-order valence-electron chi connectivity index (χ3n) is 2.49. The van der Waals surface area contributed by atoms with Crippen LogP contribution in [-0.4, -0.2) is 23.6 Å². The summed E-state index contributed by atoms with van der Waals surface area (Å²) < 4.78 is 5.10. The molecule has 0 saturated heterocycles. The molecule has 0 aliphatic carbocycles. The summed E-state index contributed by atoms with van der Waals surface area (Å²) in [6.45, 7) is 2.97. The molecular formula is C13H19N3O. The van der Waals surface area contributed by atoms with E-state index in [2.05, 4.69) is 28.1 Å². The zero-order valence-corrected chi connectivity index (χ0v) is 10.4. The number of ether oxygens (including phenoxy) is 1. The van der Waals surface area contributed by atoms with Crippen molar-refractivity contribution < 1.29 is 4.74 Å². The van der Waals surface area contributed by atoms with Gasteiger partial charge in [0.15, 0.2) is 0 Å². The van der Waals surface area contributed by atoms with Crippen LogP contribution < -0.4 is 10.1 Å². The van der Waals surface area contributed by atoms with Crippen LogP contribution in [-0.2, 0) is 0 Å². The Labute approximate surface area is 103 Å². The Morgan fingerprint density at radius 2 is 2.35 bits per heavy atom. The normalized spacial score (nSPS) is 11.8. The summed E-state index contributed by atoms with van der Waals surface area (Å²) >= 11 is 0. The molecule has 1 unspecified atom stereocenters. The minimum absolute atomic E-state index is 0.213. The van der Waals surface area contributed by atoms with Gasteiger partial charge in [-0.15, -0.1) is 12.3 Å². The second kappa shape index (κ2) is 7.64. The number of aromatic nitrogens is 2. The van der Waals surface area contributed by atoms with E-state index >= 15 is 0 Å². The van der Waals surface area contributed by atoms with Gasteiger partial charge in [0, 0.05) is 18.5 Å². The largest absolute Gasteiger partial charge is 0.481 e. The van der Waals surface area contributed by atoms with Crippen molar-refractivity contribution in [1.29, 1.82) is 0 Å². The first kappa shape index (κ1) is 13.5. The maximum Gasteiger partial charge on any atom is 0.216 e. The summed E-state index contributed by atoms with van der Waals surface area (Å²) in [4.78, 5) is 8.28. The van der Waals surface area contributed by atoms with Gasteiger partial charge in [-0.2, -0.15) is 0 Å². The fourth-order valence-electron chi connectivity index (χ4n) is 1.66. The van der Waals surface area contributed by atoms with Crippen LogP contribution in [0.15, 0.2) is 12.4 Å². The topological polar surface area (TPSA) is 47.0 Å². The van der Waals surface area contributed by atoms with Gasteiger partial charge in [0.25, 0.3) is 0 Å². The maximum absolute atomic E-state index is 5.26. The van der Waals surface area contributed by atoms with Crippen LogP contribution in [0.3, 0.4) is 0 Å². The van der Waals surface area contributed by atoms with Gasteiger partial charge in [0.05, 0.1) is 12.8 Å². The number of methoxy groups -OCH3 is 1. The SMILES string of the molecule is C#CCCCC(NCC)c1cc(OC)ncn1. The molecule has 1 N–H and O–H groups in total. The standard InChI is InChI=1S/C13H19N3O/c1-4-6-7-8-11(14-5-2)12-9-13(17-3)16-10-15-12/h1,9-11,14H,5-8H2,2-3H3. The molecule has 1 aromatic rings. The minimum atomic E-state index is 0.213. The second-order valence-electron chi connectivity index (χ2n) is 3.69. The molecule has 0 radical (unpaired) electrons. The first-order valence-corrected chi connectivity index (χ1v) is 5.84. The highest BCUT2D eigenvalue weighted by atomic mass is 16.5. The minimum Gasteiger partial charge on any atom is -0.481 e. The van der Waals surface area contributed by atoms with Gasteiger partial charge < -0.3 is 10.1 Å². The number of hydrogen-bond donors (Lipinski definition) is 1. The molecule has 0 spiro atoms. The Morgan fingerprint density at radius 3 is 3.00 bits per heavy atom. The fourth-order valence-corrected chi connectivity index (χ4v) is 1.66. The van der Waals surface area contributed by atoms with Crippen molar-refractivity contribution in [2.75, 3.05) is 13.7 Å². The van der Waals surface area contributed by atoms with Crippen molar-refractivity contribution in [3.8, 4) is 18.2 Å². The van der Waals surface area contributed by atoms with Crippen LogP contribution in [0.25, 0.3) is 0 Å². The Bertz CT molecular complexity index is 373. The Kier molecular flexibility index (Phi) is 6.05. The van der Waals surface area contributed by atoms with Gasteiger partial charge in [-0.25, -0.2) is 9.97 Å². The van der Waals surface area contributed by atoms with Crippen molar-refractivity contribution in [1.82, 2.24) is 15.3 Å². The highest BCUT2D eigenvalue weighted by molar-refractivity contribution is 5.16. The number of nitrogens with zero attached hydrogens (tertiary/aromatic N) is 2. The quantitative estimate of drug-likeness (QED) is 0.577. The molecule has 17 heavy (non-hydrogen) atoms. The summed E-state index contributed by atoms with van der Waals surface area (Å²) in [6.07, 6.45) is 9.54. The first-order chi connectivity index (χ1) is 8.31. The van der Waals surface area contributed by atoms with Crippen LogP contribution in [0.4, 0.5) is 0 Å². The summed E-state index contributed by atoms with van der Waals surface area (Å²) in [7, 11) is 1.60. The van der Waals surface area contributed by atoms with Crippen LogP contribution in [0.5, 0.6) is 5.88 Å².